The maximum absolute atomic E-state index is 11.5. The highest BCUT2D eigenvalue weighted by Crippen LogP contribution is 2.07. The zero-order chi connectivity index (χ0) is 16.0. The zero-order valence-electron chi connectivity index (χ0n) is 13.2. The first-order valence-corrected chi connectivity index (χ1v) is 7.82. The number of unbranched alkanes of at least 4 members (excludes halogenated alkanes) is 3. The van der Waals surface area contributed by atoms with Crippen LogP contribution in [0.25, 0.3) is 0 Å². The van der Waals surface area contributed by atoms with E-state index in [0.29, 0.717) is 18.7 Å². The quantitative estimate of drug-likeness (QED) is 0.504. The number of rotatable bonds is 11. The van der Waals surface area contributed by atoms with E-state index in [-0.39, 0.29) is 19.1 Å². The van der Waals surface area contributed by atoms with E-state index in [1.165, 1.54) is 0 Å². The zero-order valence-corrected chi connectivity index (χ0v) is 13.2. The van der Waals surface area contributed by atoms with E-state index < -0.39 is 5.97 Å². The molecule has 0 aromatic heterocycles. The van der Waals surface area contributed by atoms with Gasteiger partial charge in [0.2, 0.25) is 5.91 Å². The minimum Gasteiger partial charge on any atom is -0.482 e. The van der Waals surface area contributed by atoms with Crippen molar-refractivity contribution in [2.45, 2.75) is 39.0 Å². The van der Waals surface area contributed by atoms with Gasteiger partial charge in [-0.25, -0.2) is 4.79 Å². The molecular weight excluding hydrogens is 282 g/mol. The van der Waals surface area contributed by atoms with Crippen molar-refractivity contribution in [2.24, 2.45) is 0 Å². The van der Waals surface area contributed by atoms with Crippen LogP contribution in [-0.4, -0.2) is 31.6 Å². The fourth-order valence-corrected chi connectivity index (χ4v) is 1.86. The van der Waals surface area contributed by atoms with E-state index in [1.807, 2.05) is 18.2 Å². The van der Waals surface area contributed by atoms with Gasteiger partial charge in [-0.1, -0.05) is 44.4 Å². The van der Waals surface area contributed by atoms with Gasteiger partial charge in [-0.2, -0.15) is 0 Å². The van der Waals surface area contributed by atoms with Crippen LogP contribution in [0.5, 0.6) is 5.75 Å². The number of para-hydroxylation sites is 1. The molecule has 0 spiro atoms. The SMILES string of the molecule is CCCCCCC(=O)NCCOC(=O)COc1ccccc1. The number of carbonyl (C=O) groups excluding carboxylic acids is 2. The topological polar surface area (TPSA) is 64.6 Å². The normalized spacial score (nSPS) is 10.0. The highest BCUT2D eigenvalue weighted by atomic mass is 16.6. The standard InChI is InChI=1S/C17H25NO4/c1-2-3-4-8-11-16(19)18-12-13-21-17(20)14-22-15-9-6-5-7-10-15/h5-7,9-10H,2-4,8,11-14H2,1H3,(H,18,19). The second-order valence-electron chi connectivity index (χ2n) is 4.98. The van der Waals surface area contributed by atoms with Gasteiger partial charge in [-0.15, -0.1) is 0 Å². The molecule has 1 amide bonds. The molecule has 122 valence electrons. The van der Waals surface area contributed by atoms with Crippen LogP contribution in [0.4, 0.5) is 0 Å². The fourth-order valence-electron chi connectivity index (χ4n) is 1.86. The van der Waals surface area contributed by atoms with E-state index in [1.54, 1.807) is 12.1 Å². The minimum atomic E-state index is -0.443. The maximum atomic E-state index is 11.5. The second-order valence-corrected chi connectivity index (χ2v) is 4.98. The Kier molecular flexibility index (Phi) is 9.50. The predicted molar refractivity (Wildman–Crippen MR) is 84.7 cm³/mol. The van der Waals surface area contributed by atoms with Crippen molar-refractivity contribution >= 4 is 11.9 Å². The molecule has 1 aromatic carbocycles. The van der Waals surface area contributed by atoms with Crippen molar-refractivity contribution in [3.05, 3.63) is 30.3 Å². The first-order valence-electron chi connectivity index (χ1n) is 7.82. The van der Waals surface area contributed by atoms with Gasteiger partial charge in [0, 0.05) is 6.42 Å². The maximum Gasteiger partial charge on any atom is 0.344 e. The van der Waals surface area contributed by atoms with Crippen LogP contribution < -0.4 is 10.1 Å². The Hall–Kier alpha value is -2.04. The summed E-state index contributed by atoms with van der Waals surface area (Å²) in [4.78, 5) is 22.9. The van der Waals surface area contributed by atoms with Gasteiger partial charge < -0.3 is 14.8 Å². The molecule has 0 heterocycles. The van der Waals surface area contributed by atoms with Crippen molar-refractivity contribution < 1.29 is 19.1 Å². The van der Waals surface area contributed by atoms with Gasteiger partial charge in [-0.3, -0.25) is 4.79 Å². The van der Waals surface area contributed by atoms with Crippen LogP contribution in [0.3, 0.4) is 0 Å². The Morgan fingerprint density at radius 2 is 1.86 bits per heavy atom. The number of nitrogens with one attached hydrogen (secondary N) is 1. The number of amides is 1. The molecule has 0 unspecified atom stereocenters. The van der Waals surface area contributed by atoms with Crippen LogP contribution in [0, 0.1) is 0 Å². The van der Waals surface area contributed by atoms with E-state index >= 15 is 0 Å². The molecule has 0 aliphatic carbocycles. The van der Waals surface area contributed by atoms with Gasteiger partial charge in [0.25, 0.3) is 0 Å². The minimum absolute atomic E-state index is 0.00712. The van der Waals surface area contributed by atoms with Crippen molar-refractivity contribution in [2.75, 3.05) is 19.8 Å². The number of benzene rings is 1. The Bertz CT molecular complexity index is 434. The lowest BCUT2D eigenvalue weighted by Gasteiger charge is -2.08. The lowest BCUT2D eigenvalue weighted by atomic mass is 10.1. The molecule has 1 N–H and O–H groups in total. The molecule has 5 nitrogen and oxygen atoms in total. The van der Waals surface area contributed by atoms with Crippen LogP contribution in [0.1, 0.15) is 39.0 Å². The average molecular weight is 307 g/mol. The summed E-state index contributed by atoms with van der Waals surface area (Å²) in [5.74, 6) is 0.188. The highest BCUT2D eigenvalue weighted by molar-refractivity contribution is 5.75. The summed E-state index contributed by atoms with van der Waals surface area (Å²) >= 11 is 0. The highest BCUT2D eigenvalue weighted by Gasteiger charge is 2.05. The van der Waals surface area contributed by atoms with E-state index in [0.717, 1.165) is 25.7 Å². The lowest BCUT2D eigenvalue weighted by molar-refractivity contribution is -0.146. The summed E-state index contributed by atoms with van der Waals surface area (Å²) in [5, 5.41) is 2.73. The first kappa shape index (κ1) is 18.0. The molecule has 5 heteroatoms. The number of carbonyl (C=O) groups is 2. The van der Waals surface area contributed by atoms with Crippen molar-refractivity contribution in [1.82, 2.24) is 5.32 Å². The molecule has 0 aliphatic heterocycles. The number of esters is 1. The third-order valence-electron chi connectivity index (χ3n) is 3.04. The van der Waals surface area contributed by atoms with Gasteiger partial charge >= 0.3 is 5.97 Å². The first-order chi connectivity index (χ1) is 10.7. The van der Waals surface area contributed by atoms with Crippen molar-refractivity contribution in [3.63, 3.8) is 0 Å². The second kappa shape index (κ2) is 11.6. The van der Waals surface area contributed by atoms with Gasteiger partial charge in [0.05, 0.1) is 6.54 Å². The summed E-state index contributed by atoms with van der Waals surface area (Å²) in [7, 11) is 0. The molecular formula is C17H25NO4. The number of hydrogen-bond donors (Lipinski definition) is 1. The molecule has 0 saturated heterocycles. The summed E-state index contributed by atoms with van der Waals surface area (Å²) in [6, 6.07) is 9.07. The molecule has 0 radical (unpaired) electrons. The van der Waals surface area contributed by atoms with Crippen LogP contribution >= 0.6 is 0 Å². The Morgan fingerprint density at radius 3 is 2.59 bits per heavy atom. The van der Waals surface area contributed by atoms with Crippen LogP contribution in [-0.2, 0) is 14.3 Å². The van der Waals surface area contributed by atoms with E-state index in [4.69, 9.17) is 9.47 Å². The van der Waals surface area contributed by atoms with E-state index in [9.17, 15) is 9.59 Å². The smallest absolute Gasteiger partial charge is 0.344 e. The largest absolute Gasteiger partial charge is 0.482 e. The third-order valence-corrected chi connectivity index (χ3v) is 3.04. The predicted octanol–water partition coefficient (Wildman–Crippen LogP) is 2.70. The molecule has 1 rings (SSSR count). The summed E-state index contributed by atoms with van der Waals surface area (Å²) in [6.07, 6.45) is 4.83. The molecule has 0 saturated carbocycles. The number of hydrogen-bond acceptors (Lipinski definition) is 4. The Balaban J connectivity index is 1.99. The van der Waals surface area contributed by atoms with Gasteiger partial charge in [-0.05, 0) is 18.6 Å². The Morgan fingerprint density at radius 1 is 1.09 bits per heavy atom. The Labute approximate surface area is 132 Å². The fraction of sp³-hybridized carbons (Fsp3) is 0.529. The summed E-state index contributed by atoms with van der Waals surface area (Å²) in [6.45, 7) is 2.51. The van der Waals surface area contributed by atoms with Crippen LogP contribution in [0.2, 0.25) is 0 Å². The lowest BCUT2D eigenvalue weighted by Crippen LogP contribution is -2.28. The monoisotopic (exact) mass is 307 g/mol. The van der Waals surface area contributed by atoms with Gasteiger partial charge in [0.15, 0.2) is 6.61 Å². The van der Waals surface area contributed by atoms with Gasteiger partial charge in [0.1, 0.15) is 12.4 Å². The van der Waals surface area contributed by atoms with E-state index in [2.05, 4.69) is 12.2 Å². The van der Waals surface area contributed by atoms with Crippen molar-refractivity contribution in [1.29, 1.82) is 0 Å². The van der Waals surface area contributed by atoms with Crippen molar-refractivity contribution in [3.8, 4) is 5.75 Å². The third kappa shape index (κ3) is 9.00. The molecule has 1 aromatic rings. The summed E-state index contributed by atoms with van der Waals surface area (Å²) in [5.41, 5.74) is 0. The molecule has 0 fully saturated rings. The molecule has 0 bridgehead atoms. The summed E-state index contributed by atoms with van der Waals surface area (Å²) < 4.78 is 10.2. The molecule has 22 heavy (non-hydrogen) atoms. The number of ether oxygens (including phenoxy) is 2. The molecule has 0 atom stereocenters. The molecule has 0 aliphatic rings. The van der Waals surface area contributed by atoms with Crippen LogP contribution in [0.15, 0.2) is 30.3 Å². The average Bonchev–Trinajstić information content (AvgIpc) is 2.55.